The van der Waals surface area contributed by atoms with E-state index in [0.29, 0.717) is 13.0 Å². The molecule has 124 valence electrons. The maximum Gasteiger partial charge on any atom is 0.314 e. The van der Waals surface area contributed by atoms with E-state index in [1.54, 1.807) is 11.3 Å². The monoisotopic (exact) mass is 333 g/mol. The zero-order valence-corrected chi connectivity index (χ0v) is 14.3. The summed E-state index contributed by atoms with van der Waals surface area (Å²) in [5, 5.41) is 18.8. The molecule has 0 saturated heterocycles. The lowest BCUT2D eigenvalue weighted by atomic mass is 10.0. The van der Waals surface area contributed by atoms with Crippen LogP contribution in [0.15, 0.2) is 29.6 Å². The van der Waals surface area contributed by atoms with Gasteiger partial charge in [0.1, 0.15) is 0 Å². The van der Waals surface area contributed by atoms with Crippen molar-refractivity contribution in [1.29, 1.82) is 0 Å². The summed E-state index contributed by atoms with van der Waals surface area (Å²) in [7, 11) is 0. The average Bonchev–Trinajstić information content (AvgIpc) is 3.01. The van der Waals surface area contributed by atoms with Gasteiger partial charge in [-0.25, -0.2) is 9.78 Å². The molecule has 0 radical (unpaired) electrons. The third-order valence-corrected chi connectivity index (χ3v) is 4.61. The SMILES string of the molecule is CCc1nc(CCNC(=O)NCC(O)c2ccccc2C)cs1. The first-order valence-corrected chi connectivity index (χ1v) is 8.66. The number of rotatable bonds is 7. The van der Waals surface area contributed by atoms with Crippen LogP contribution >= 0.6 is 11.3 Å². The van der Waals surface area contributed by atoms with Gasteiger partial charge in [0.25, 0.3) is 0 Å². The van der Waals surface area contributed by atoms with E-state index < -0.39 is 6.10 Å². The molecule has 0 fully saturated rings. The molecule has 1 heterocycles. The van der Waals surface area contributed by atoms with Crippen LogP contribution in [-0.4, -0.2) is 29.2 Å². The fourth-order valence-electron chi connectivity index (χ4n) is 2.25. The van der Waals surface area contributed by atoms with Gasteiger partial charge >= 0.3 is 6.03 Å². The molecule has 2 aromatic rings. The second-order valence-corrected chi connectivity index (χ2v) is 6.29. The number of benzene rings is 1. The lowest BCUT2D eigenvalue weighted by molar-refractivity contribution is 0.172. The van der Waals surface area contributed by atoms with Gasteiger partial charge in [0.05, 0.1) is 16.8 Å². The highest BCUT2D eigenvalue weighted by atomic mass is 32.1. The molecule has 1 aromatic heterocycles. The molecular formula is C17H23N3O2S. The predicted molar refractivity (Wildman–Crippen MR) is 92.7 cm³/mol. The van der Waals surface area contributed by atoms with E-state index >= 15 is 0 Å². The average molecular weight is 333 g/mol. The van der Waals surface area contributed by atoms with E-state index in [9.17, 15) is 9.90 Å². The molecular weight excluding hydrogens is 310 g/mol. The van der Waals surface area contributed by atoms with Gasteiger partial charge < -0.3 is 15.7 Å². The molecule has 1 atom stereocenters. The van der Waals surface area contributed by atoms with Crippen molar-refractivity contribution in [3.05, 3.63) is 51.5 Å². The zero-order chi connectivity index (χ0) is 16.7. The van der Waals surface area contributed by atoms with Gasteiger partial charge in [-0.2, -0.15) is 0 Å². The fourth-order valence-corrected chi connectivity index (χ4v) is 3.03. The lowest BCUT2D eigenvalue weighted by Crippen LogP contribution is -2.38. The number of carbonyl (C=O) groups excluding carboxylic acids is 1. The summed E-state index contributed by atoms with van der Waals surface area (Å²) in [5.41, 5.74) is 2.85. The van der Waals surface area contributed by atoms with Gasteiger partial charge in [0.15, 0.2) is 0 Å². The van der Waals surface area contributed by atoms with Crippen LogP contribution in [0.4, 0.5) is 4.79 Å². The van der Waals surface area contributed by atoms with E-state index in [-0.39, 0.29) is 12.6 Å². The first-order chi connectivity index (χ1) is 11.1. The zero-order valence-electron chi connectivity index (χ0n) is 13.5. The minimum Gasteiger partial charge on any atom is -0.387 e. The van der Waals surface area contributed by atoms with Gasteiger partial charge in [-0.15, -0.1) is 11.3 Å². The van der Waals surface area contributed by atoms with Gasteiger partial charge in [-0.3, -0.25) is 0 Å². The Bertz CT molecular complexity index is 642. The van der Waals surface area contributed by atoms with Gasteiger partial charge in [0.2, 0.25) is 0 Å². The van der Waals surface area contributed by atoms with Crippen LogP contribution in [0.25, 0.3) is 0 Å². The summed E-state index contributed by atoms with van der Waals surface area (Å²) in [6.07, 6.45) is 0.951. The largest absolute Gasteiger partial charge is 0.387 e. The molecule has 0 aliphatic carbocycles. The molecule has 1 aromatic carbocycles. The van der Waals surface area contributed by atoms with Crippen molar-refractivity contribution in [3.63, 3.8) is 0 Å². The standard InChI is InChI=1S/C17H23N3O2S/c1-3-16-20-13(11-23-16)8-9-18-17(22)19-10-15(21)14-7-5-4-6-12(14)2/h4-7,11,15,21H,3,8-10H2,1-2H3,(H2,18,19,22). The van der Waals surface area contributed by atoms with Gasteiger partial charge in [-0.05, 0) is 24.5 Å². The number of hydrogen-bond donors (Lipinski definition) is 3. The first kappa shape index (κ1) is 17.4. The molecule has 0 aliphatic heterocycles. The number of carbonyl (C=O) groups is 1. The highest BCUT2D eigenvalue weighted by molar-refractivity contribution is 7.09. The number of thiazole rings is 1. The van der Waals surface area contributed by atoms with Crippen LogP contribution < -0.4 is 10.6 Å². The number of amides is 2. The highest BCUT2D eigenvalue weighted by Gasteiger charge is 2.11. The van der Waals surface area contributed by atoms with Gasteiger partial charge in [-0.1, -0.05) is 31.2 Å². The predicted octanol–water partition coefficient (Wildman–Crippen LogP) is 2.59. The van der Waals surface area contributed by atoms with E-state index in [1.807, 2.05) is 36.6 Å². The van der Waals surface area contributed by atoms with Crippen LogP contribution in [0.3, 0.4) is 0 Å². The Hall–Kier alpha value is -1.92. The van der Waals surface area contributed by atoms with Crippen molar-refractivity contribution in [1.82, 2.24) is 15.6 Å². The molecule has 23 heavy (non-hydrogen) atoms. The molecule has 1 unspecified atom stereocenters. The van der Waals surface area contributed by atoms with Crippen LogP contribution in [0, 0.1) is 6.92 Å². The number of aromatic nitrogens is 1. The molecule has 0 saturated carbocycles. The Balaban J connectivity index is 1.69. The minimum absolute atomic E-state index is 0.188. The van der Waals surface area contributed by atoms with Crippen molar-refractivity contribution in [3.8, 4) is 0 Å². The number of aliphatic hydroxyl groups is 1. The molecule has 0 bridgehead atoms. The quantitative estimate of drug-likeness (QED) is 0.729. The molecule has 2 amide bonds. The Morgan fingerprint density at radius 1 is 1.35 bits per heavy atom. The third kappa shape index (κ3) is 5.33. The maximum absolute atomic E-state index is 11.8. The molecule has 3 N–H and O–H groups in total. The maximum atomic E-state index is 11.8. The van der Waals surface area contributed by atoms with Crippen molar-refractivity contribution in [2.45, 2.75) is 32.8 Å². The summed E-state index contributed by atoms with van der Waals surface area (Å²) >= 11 is 1.65. The fraction of sp³-hybridized carbons (Fsp3) is 0.412. The van der Waals surface area contributed by atoms with E-state index in [2.05, 4.69) is 22.5 Å². The van der Waals surface area contributed by atoms with E-state index in [1.165, 1.54) is 0 Å². The third-order valence-electron chi connectivity index (χ3n) is 3.57. The summed E-state index contributed by atoms with van der Waals surface area (Å²) in [6.45, 7) is 4.73. The summed E-state index contributed by atoms with van der Waals surface area (Å²) in [5.74, 6) is 0. The van der Waals surface area contributed by atoms with Crippen LogP contribution in [0.1, 0.15) is 34.9 Å². The number of aliphatic hydroxyl groups excluding tert-OH is 1. The molecule has 2 rings (SSSR count). The summed E-state index contributed by atoms with van der Waals surface area (Å²) < 4.78 is 0. The minimum atomic E-state index is -0.701. The Kier molecular flexibility index (Phi) is 6.55. The number of hydrogen-bond acceptors (Lipinski definition) is 4. The first-order valence-electron chi connectivity index (χ1n) is 7.78. The molecule has 6 heteroatoms. The van der Waals surface area contributed by atoms with Crippen LogP contribution in [0.2, 0.25) is 0 Å². The highest BCUT2D eigenvalue weighted by Crippen LogP contribution is 2.16. The Labute approximate surface area is 140 Å². The van der Waals surface area contributed by atoms with Crippen molar-refractivity contribution in [2.24, 2.45) is 0 Å². The summed E-state index contributed by atoms with van der Waals surface area (Å²) in [6, 6.07) is 7.34. The molecule has 0 aliphatic rings. The Morgan fingerprint density at radius 3 is 2.83 bits per heavy atom. The van der Waals surface area contributed by atoms with Crippen molar-refractivity contribution < 1.29 is 9.90 Å². The number of urea groups is 1. The second-order valence-electron chi connectivity index (χ2n) is 5.35. The second kappa shape index (κ2) is 8.64. The molecule has 0 spiro atoms. The van der Waals surface area contributed by atoms with Crippen molar-refractivity contribution in [2.75, 3.05) is 13.1 Å². The number of nitrogens with zero attached hydrogens (tertiary/aromatic N) is 1. The smallest absolute Gasteiger partial charge is 0.314 e. The van der Waals surface area contributed by atoms with Crippen LogP contribution in [-0.2, 0) is 12.8 Å². The normalized spacial score (nSPS) is 12.0. The number of nitrogens with one attached hydrogen (secondary N) is 2. The molecule has 5 nitrogen and oxygen atoms in total. The van der Waals surface area contributed by atoms with Crippen LogP contribution in [0.5, 0.6) is 0 Å². The number of aryl methyl sites for hydroxylation is 2. The topological polar surface area (TPSA) is 74.2 Å². The van der Waals surface area contributed by atoms with E-state index in [0.717, 1.165) is 28.2 Å². The summed E-state index contributed by atoms with van der Waals surface area (Å²) in [4.78, 5) is 16.2. The van der Waals surface area contributed by atoms with Gasteiger partial charge in [0, 0.05) is 24.9 Å². The van der Waals surface area contributed by atoms with Crippen molar-refractivity contribution >= 4 is 17.4 Å². The lowest BCUT2D eigenvalue weighted by Gasteiger charge is -2.14. The van der Waals surface area contributed by atoms with E-state index in [4.69, 9.17) is 0 Å². The Morgan fingerprint density at radius 2 is 2.13 bits per heavy atom.